The number of rotatable bonds is 16. The molecule has 4 aliphatic carbocycles. The number of carbonyl (C=O) groups is 2. The molecule has 1 aromatic carbocycles. The number of aliphatic hydroxyl groups excluding tert-OH is 5. The molecule has 9 rings (SSSR count). The van der Waals surface area contributed by atoms with E-state index in [-0.39, 0.29) is 48.5 Å². The lowest BCUT2D eigenvalue weighted by molar-refractivity contribution is -0.373. The summed E-state index contributed by atoms with van der Waals surface area (Å²) in [5.74, 6) is -1.05. The summed E-state index contributed by atoms with van der Waals surface area (Å²) < 4.78 is 80.3. The lowest BCUT2D eigenvalue weighted by Crippen LogP contribution is -2.72. The van der Waals surface area contributed by atoms with Crippen LogP contribution in [0.5, 0.6) is 0 Å². The molecule has 0 unspecified atom stereocenters. The van der Waals surface area contributed by atoms with E-state index in [1.807, 2.05) is 13.8 Å². The van der Waals surface area contributed by atoms with E-state index in [2.05, 4.69) is 6.92 Å². The van der Waals surface area contributed by atoms with E-state index in [0.717, 1.165) is 25.7 Å². The summed E-state index contributed by atoms with van der Waals surface area (Å²) in [6.45, 7) is 11.9. The quantitative estimate of drug-likeness (QED) is 0.0924. The minimum Gasteiger partial charge on any atom is -0.462 e. The maximum absolute atomic E-state index is 13.3. The number of fused-ring (bicyclic) bond motifs is 5. The summed E-state index contributed by atoms with van der Waals surface area (Å²) in [6.07, 6.45) is -14.5. The lowest BCUT2D eigenvalue weighted by Gasteiger charge is -2.66. The molecular weight excluding hydrogens is 1040 g/mol. The van der Waals surface area contributed by atoms with E-state index in [4.69, 9.17) is 61.6 Å². The Morgan fingerprint density at radius 1 is 0.658 bits per heavy atom. The number of carbonyl (C=O) groups excluding carboxylic acids is 2. The molecule has 79 heavy (non-hydrogen) atoms. The molecule has 7 N–H and O–H groups in total. The second-order valence-electron chi connectivity index (χ2n) is 24.3. The Hall–Kier alpha value is -2.56. The Balaban J connectivity index is 0.792. The molecule has 0 radical (unpaired) electrons. The van der Waals surface area contributed by atoms with Crippen molar-refractivity contribution in [3.8, 4) is 0 Å². The molecular formula is C57H88O22. The number of methoxy groups -OCH3 is 3. The Kier molecular flexibility index (Phi) is 18.7. The molecule has 0 aromatic heterocycles. The highest BCUT2D eigenvalue weighted by Crippen LogP contribution is 2.71. The molecule has 22 nitrogen and oxygen atoms in total. The molecule has 28 atom stereocenters. The smallest absolute Gasteiger partial charge is 0.338 e. The second kappa shape index (κ2) is 24.2. The first-order valence-electron chi connectivity index (χ1n) is 28.5. The average molecular weight is 1130 g/mol. The Morgan fingerprint density at radius 3 is 1.89 bits per heavy atom. The van der Waals surface area contributed by atoms with Crippen molar-refractivity contribution in [1.29, 1.82) is 0 Å². The standard InChI is InChI=1S/C57H88O22/c1-27-47(77-42-25-38(68-9)48(28(2)71-42)78-53-46(63)50(69-10)49(29(3)72-53)79-52-45(62)44(61)43(60)39(26-58)76-52)37(67-8)24-41(70-27)75-34-18-19-54(6)33(22-34)16-17-35-36(54)23-40(74-31(5)59)55(7)56(65,20-21-57(35,55)66)30(4)73-51(64)32-14-12-11-13-15-32/h11-15,27-30,33-50,52-53,58,60-63,65-66H,16-26H2,1-10H3/t27-,28-,29-,30+,33+,34+,35-,36+,37+,38-,39-,40-,41+,42+,43-,44+,45-,46-,47-,48-,49-,50+,52+,53+,54+,55-,56-,57+/m1/s1. The molecule has 4 aliphatic heterocycles. The third kappa shape index (κ3) is 11.1. The van der Waals surface area contributed by atoms with Crippen LogP contribution in [0.15, 0.2) is 30.3 Å². The number of benzene rings is 1. The van der Waals surface area contributed by atoms with E-state index in [1.54, 1.807) is 65.3 Å². The third-order valence-corrected chi connectivity index (χ3v) is 20.3. The molecule has 448 valence electrons. The van der Waals surface area contributed by atoms with Gasteiger partial charge in [0.25, 0.3) is 0 Å². The topological polar surface area (TPSA) is 296 Å². The third-order valence-electron chi connectivity index (χ3n) is 20.3. The minimum absolute atomic E-state index is 0.0206. The van der Waals surface area contributed by atoms with Crippen LogP contribution in [-0.4, -0.2) is 216 Å². The second-order valence-corrected chi connectivity index (χ2v) is 24.3. The van der Waals surface area contributed by atoms with Gasteiger partial charge in [0, 0.05) is 41.1 Å². The SMILES string of the molecule is CO[C@H]1[C@@H](O)[C@H](O[C@@H]2[C@@H](C)O[C@@H](O[C@H]3[C@@H](OC)C[C@H](O[C@H]4CC[C@@]5(C)[C@@H](CC[C@@H]6[C@@H]5C[C@@H](OC(C)=O)[C@]5(C)[C@](O)([C@H](C)OC(=O)c7ccccc7)CC[C@]65O)C4)O[C@@H]3C)C[C@H]2OC)O[C@H](C)[C@H]1O[C@@H]1O[C@H](CO)[C@@H](O)[C@H](O)[C@H]1O. The molecule has 4 heterocycles. The van der Waals surface area contributed by atoms with Crippen LogP contribution in [0.2, 0.25) is 0 Å². The fourth-order valence-electron chi connectivity index (χ4n) is 15.7. The van der Waals surface area contributed by atoms with E-state index >= 15 is 0 Å². The summed E-state index contributed by atoms with van der Waals surface area (Å²) in [5, 5.41) is 78.3. The molecule has 4 saturated carbocycles. The zero-order valence-corrected chi connectivity index (χ0v) is 47.3. The van der Waals surface area contributed by atoms with Crippen molar-refractivity contribution in [1.82, 2.24) is 0 Å². The number of ether oxygens (including phenoxy) is 13. The highest BCUT2D eigenvalue weighted by Gasteiger charge is 2.77. The van der Waals surface area contributed by atoms with E-state index < -0.39 is 158 Å². The monoisotopic (exact) mass is 1120 g/mol. The van der Waals surface area contributed by atoms with Gasteiger partial charge in [-0.1, -0.05) is 32.0 Å². The summed E-state index contributed by atoms with van der Waals surface area (Å²) in [5.41, 5.74) is -4.30. The van der Waals surface area contributed by atoms with Crippen LogP contribution >= 0.6 is 0 Å². The Bertz CT molecular complexity index is 2210. The maximum atomic E-state index is 13.3. The van der Waals surface area contributed by atoms with Crippen molar-refractivity contribution in [2.45, 2.75) is 253 Å². The molecule has 22 heteroatoms. The highest BCUT2D eigenvalue weighted by molar-refractivity contribution is 5.89. The first-order chi connectivity index (χ1) is 37.5. The van der Waals surface area contributed by atoms with Gasteiger partial charge in [-0.15, -0.1) is 0 Å². The first kappa shape index (κ1) is 61.0. The molecule has 8 fully saturated rings. The zero-order valence-electron chi connectivity index (χ0n) is 47.3. The predicted octanol–water partition coefficient (Wildman–Crippen LogP) is 2.42. The predicted molar refractivity (Wildman–Crippen MR) is 274 cm³/mol. The van der Waals surface area contributed by atoms with Crippen LogP contribution in [0, 0.1) is 28.6 Å². The molecule has 0 spiro atoms. The van der Waals surface area contributed by atoms with Gasteiger partial charge in [0.2, 0.25) is 0 Å². The highest BCUT2D eigenvalue weighted by atomic mass is 16.8. The Labute approximate surface area is 462 Å². The maximum Gasteiger partial charge on any atom is 0.338 e. The molecule has 1 aromatic rings. The molecule has 0 amide bonds. The van der Waals surface area contributed by atoms with Crippen molar-refractivity contribution in [2.24, 2.45) is 28.6 Å². The first-order valence-corrected chi connectivity index (χ1v) is 28.5. The van der Waals surface area contributed by atoms with Gasteiger partial charge in [-0.3, -0.25) is 4.79 Å². The summed E-state index contributed by atoms with van der Waals surface area (Å²) in [7, 11) is 4.54. The van der Waals surface area contributed by atoms with Crippen molar-refractivity contribution < 1.29 is 107 Å². The lowest BCUT2D eigenvalue weighted by atomic mass is 9.42. The zero-order chi connectivity index (χ0) is 57.1. The molecule has 8 aliphatic rings. The normalized spacial score (nSPS) is 49.4. The van der Waals surface area contributed by atoms with Gasteiger partial charge in [-0.2, -0.15) is 0 Å². The van der Waals surface area contributed by atoms with Crippen LogP contribution < -0.4 is 0 Å². The van der Waals surface area contributed by atoms with Crippen molar-refractivity contribution >= 4 is 11.9 Å². The van der Waals surface area contributed by atoms with Gasteiger partial charge in [0.05, 0.1) is 59.8 Å². The average Bonchev–Trinajstić information content (AvgIpc) is 2.28. The van der Waals surface area contributed by atoms with E-state index in [9.17, 15) is 45.3 Å². The van der Waals surface area contributed by atoms with E-state index in [0.29, 0.717) is 24.8 Å². The van der Waals surface area contributed by atoms with E-state index in [1.165, 1.54) is 14.0 Å². The molecule has 4 saturated heterocycles. The number of aliphatic hydroxyl groups is 7. The van der Waals surface area contributed by atoms with Crippen LogP contribution in [0.25, 0.3) is 0 Å². The summed E-state index contributed by atoms with van der Waals surface area (Å²) >= 11 is 0. The number of hydrogen-bond acceptors (Lipinski definition) is 22. The van der Waals surface area contributed by atoms with Gasteiger partial charge in [-0.25, -0.2) is 4.79 Å². The summed E-state index contributed by atoms with van der Waals surface area (Å²) in [4.78, 5) is 26.2. The minimum atomic E-state index is -1.68. The van der Waals surface area contributed by atoms with Gasteiger partial charge in [0.15, 0.2) is 25.2 Å². The van der Waals surface area contributed by atoms with Gasteiger partial charge < -0.3 is 97.3 Å². The molecule has 0 bridgehead atoms. The summed E-state index contributed by atoms with van der Waals surface area (Å²) in [6, 6.07) is 8.60. The van der Waals surface area contributed by atoms with Crippen LogP contribution in [0.3, 0.4) is 0 Å². The van der Waals surface area contributed by atoms with Gasteiger partial charge in [0.1, 0.15) is 72.7 Å². The number of hydrogen-bond donors (Lipinski definition) is 7. The van der Waals surface area contributed by atoms with Crippen molar-refractivity contribution in [3.05, 3.63) is 35.9 Å². The van der Waals surface area contributed by atoms with Gasteiger partial charge >= 0.3 is 11.9 Å². The van der Waals surface area contributed by atoms with Crippen LogP contribution in [0.1, 0.15) is 123 Å². The van der Waals surface area contributed by atoms with Gasteiger partial charge in [-0.05, 0) is 114 Å². The fraction of sp³-hybridized carbons (Fsp3) is 0.860. The fourth-order valence-corrected chi connectivity index (χ4v) is 15.7. The van der Waals surface area contributed by atoms with Crippen molar-refractivity contribution in [2.75, 3.05) is 27.9 Å². The largest absolute Gasteiger partial charge is 0.462 e. The Morgan fingerprint density at radius 2 is 1.27 bits per heavy atom. The number of esters is 2. The van der Waals surface area contributed by atoms with Crippen LogP contribution in [0.4, 0.5) is 0 Å². The van der Waals surface area contributed by atoms with Crippen molar-refractivity contribution in [3.63, 3.8) is 0 Å². The van der Waals surface area contributed by atoms with Crippen LogP contribution in [-0.2, 0) is 66.4 Å².